The van der Waals surface area contributed by atoms with Crippen LogP contribution in [0.3, 0.4) is 0 Å². The Bertz CT molecular complexity index is 1200. The van der Waals surface area contributed by atoms with Gasteiger partial charge in [0, 0.05) is 23.9 Å². The van der Waals surface area contributed by atoms with E-state index in [1.807, 2.05) is 39.0 Å². The summed E-state index contributed by atoms with van der Waals surface area (Å²) in [6, 6.07) is 12.4. The fourth-order valence-corrected chi connectivity index (χ4v) is 4.35. The zero-order chi connectivity index (χ0) is 25.1. The Balaban J connectivity index is 1.59. The molecule has 1 aliphatic rings. The Morgan fingerprint density at radius 3 is 2.51 bits per heavy atom. The summed E-state index contributed by atoms with van der Waals surface area (Å²) in [5.74, 6) is -1.54. The first-order chi connectivity index (χ1) is 16.7. The van der Waals surface area contributed by atoms with Gasteiger partial charge in [-0.3, -0.25) is 14.3 Å². The average molecular weight is 482 g/mol. The molecule has 0 aliphatic carbocycles. The van der Waals surface area contributed by atoms with Gasteiger partial charge in [-0.15, -0.1) is 0 Å². The predicted molar refractivity (Wildman–Crippen MR) is 127 cm³/mol. The van der Waals surface area contributed by atoms with E-state index in [0.29, 0.717) is 16.8 Å². The van der Waals surface area contributed by atoms with Crippen molar-refractivity contribution in [2.75, 3.05) is 6.54 Å². The van der Waals surface area contributed by atoms with E-state index < -0.39 is 30.1 Å². The highest BCUT2D eigenvalue weighted by molar-refractivity contribution is 5.88. The Morgan fingerprint density at radius 1 is 1.14 bits per heavy atom. The zero-order valence-electron chi connectivity index (χ0n) is 20.0. The lowest BCUT2D eigenvalue weighted by atomic mass is 9.99. The molecule has 1 aliphatic heterocycles. The molecule has 0 saturated carbocycles. The Hall–Kier alpha value is -3.62. The standard InChI is InChI=1S/C26H29F2N5O2/c1-16(2)20-9-10-21(30-25(20)28)24(18-7-5-4-6-8-18)31-26(35)22-13-19(27)14-32(22)23(34)15-33-17(3)11-12-29-33/h4-12,16,19,22,24H,13-15H2,1-3H3,(H,31,35)/t19-,22+,24+/m1/s1. The van der Waals surface area contributed by atoms with Crippen LogP contribution in [-0.2, 0) is 16.1 Å². The van der Waals surface area contributed by atoms with Gasteiger partial charge in [0.05, 0.1) is 18.3 Å². The van der Waals surface area contributed by atoms with E-state index in [1.54, 1.807) is 36.5 Å². The molecule has 1 aromatic carbocycles. The fraction of sp³-hybridized carbons (Fsp3) is 0.385. The van der Waals surface area contributed by atoms with Gasteiger partial charge in [0.1, 0.15) is 18.8 Å². The van der Waals surface area contributed by atoms with Crippen LogP contribution in [-0.4, -0.2) is 50.2 Å². The first-order valence-electron chi connectivity index (χ1n) is 11.7. The summed E-state index contributed by atoms with van der Waals surface area (Å²) in [7, 11) is 0. The summed E-state index contributed by atoms with van der Waals surface area (Å²) in [5, 5.41) is 6.99. The lowest BCUT2D eigenvalue weighted by molar-refractivity contribution is -0.139. The van der Waals surface area contributed by atoms with Gasteiger partial charge >= 0.3 is 0 Å². The number of likely N-dealkylation sites (tertiary alicyclic amines) is 1. The van der Waals surface area contributed by atoms with Gasteiger partial charge in [0.2, 0.25) is 17.8 Å². The number of hydrogen-bond donors (Lipinski definition) is 1. The lowest BCUT2D eigenvalue weighted by Gasteiger charge is -2.27. The number of alkyl halides is 1. The number of aryl methyl sites for hydroxylation is 1. The topological polar surface area (TPSA) is 80.1 Å². The normalized spacial score (nSPS) is 18.6. The van der Waals surface area contributed by atoms with Crippen LogP contribution in [0.4, 0.5) is 8.78 Å². The van der Waals surface area contributed by atoms with Crippen LogP contribution in [0, 0.1) is 12.9 Å². The molecule has 0 spiro atoms. The number of amides is 2. The van der Waals surface area contributed by atoms with Gasteiger partial charge in [-0.1, -0.05) is 50.2 Å². The van der Waals surface area contributed by atoms with Crippen LogP contribution >= 0.6 is 0 Å². The first-order valence-corrected chi connectivity index (χ1v) is 11.7. The number of hydrogen-bond acceptors (Lipinski definition) is 4. The smallest absolute Gasteiger partial charge is 0.245 e. The number of aromatic nitrogens is 3. The minimum atomic E-state index is -1.32. The second-order valence-electron chi connectivity index (χ2n) is 9.15. The van der Waals surface area contributed by atoms with Crippen LogP contribution < -0.4 is 5.32 Å². The Morgan fingerprint density at radius 2 is 1.89 bits per heavy atom. The first kappa shape index (κ1) is 24.5. The van der Waals surface area contributed by atoms with Crippen molar-refractivity contribution in [1.82, 2.24) is 25.0 Å². The third-order valence-corrected chi connectivity index (χ3v) is 6.32. The SMILES string of the molecule is Cc1ccnn1CC(=O)N1C[C@H](F)C[C@H]1C(=O)N[C@@H](c1ccccc1)c1ccc(C(C)C)c(F)n1. The number of halogens is 2. The molecule has 3 atom stereocenters. The second kappa shape index (κ2) is 10.3. The molecular formula is C26H29F2N5O2. The van der Waals surface area contributed by atoms with Crippen molar-refractivity contribution in [2.45, 2.75) is 57.9 Å². The molecule has 9 heteroatoms. The number of nitrogens with zero attached hydrogens (tertiary/aromatic N) is 4. The van der Waals surface area contributed by atoms with E-state index in [0.717, 1.165) is 5.69 Å². The summed E-state index contributed by atoms with van der Waals surface area (Å²) in [4.78, 5) is 31.7. The number of benzene rings is 1. The number of rotatable bonds is 7. The molecule has 35 heavy (non-hydrogen) atoms. The molecule has 3 heterocycles. The van der Waals surface area contributed by atoms with Gasteiger partial charge < -0.3 is 10.2 Å². The van der Waals surface area contributed by atoms with Crippen LogP contribution in [0.1, 0.15) is 54.7 Å². The van der Waals surface area contributed by atoms with Crippen molar-refractivity contribution in [1.29, 1.82) is 0 Å². The van der Waals surface area contributed by atoms with E-state index in [2.05, 4.69) is 15.4 Å². The highest BCUT2D eigenvalue weighted by Gasteiger charge is 2.40. The quantitative estimate of drug-likeness (QED) is 0.522. The minimum absolute atomic E-state index is 0.0423. The molecule has 184 valence electrons. The van der Waals surface area contributed by atoms with E-state index >= 15 is 0 Å². The third-order valence-electron chi connectivity index (χ3n) is 6.32. The summed E-state index contributed by atoms with van der Waals surface area (Å²) in [5.41, 5.74) is 2.29. The van der Waals surface area contributed by atoms with Crippen molar-refractivity contribution in [3.63, 3.8) is 0 Å². The van der Waals surface area contributed by atoms with Crippen LogP contribution in [0.5, 0.6) is 0 Å². The van der Waals surface area contributed by atoms with Gasteiger partial charge in [-0.05, 0) is 30.5 Å². The number of nitrogens with one attached hydrogen (secondary N) is 1. The fourth-order valence-electron chi connectivity index (χ4n) is 4.35. The number of carbonyl (C=O) groups excluding carboxylic acids is 2. The third kappa shape index (κ3) is 5.39. The molecule has 1 saturated heterocycles. The van der Waals surface area contributed by atoms with Gasteiger partial charge in [-0.25, -0.2) is 9.37 Å². The van der Waals surface area contributed by atoms with Crippen LogP contribution in [0.15, 0.2) is 54.7 Å². The predicted octanol–water partition coefficient (Wildman–Crippen LogP) is 3.69. The molecule has 0 bridgehead atoms. The van der Waals surface area contributed by atoms with E-state index in [-0.39, 0.29) is 31.3 Å². The second-order valence-corrected chi connectivity index (χ2v) is 9.15. The largest absolute Gasteiger partial charge is 0.342 e. The monoisotopic (exact) mass is 481 g/mol. The van der Waals surface area contributed by atoms with E-state index in [4.69, 9.17) is 0 Å². The van der Waals surface area contributed by atoms with E-state index in [1.165, 1.54) is 9.58 Å². The summed E-state index contributed by atoms with van der Waals surface area (Å²) < 4.78 is 30.6. The van der Waals surface area contributed by atoms with Crippen LogP contribution in [0.25, 0.3) is 0 Å². The van der Waals surface area contributed by atoms with Crippen LogP contribution in [0.2, 0.25) is 0 Å². The van der Waals surface area contributed by atoms with Gasteiger partial charge in [-0.2, -0.15) is 9.49 Å². The average Bonchev–Trinajstić information content (AvgIpc) is 3.42. The molecular weight excluding hydrogens is 452 g/mol. The summed E-state index contributed by atoms with van der Waals surface area (Å²) in [6.07, 6.45) is 0.158. The minimum Gasteiger partial charge on any atom is -0.342 e. The van der Waals surface area contributed by atoms with Gasteiger partial charge in [0.25, 0.3) is 0 Å². The number of pyridine rings is 1. The van der Waals surface area contributed by atoms with Crippen molar-refractivity contribution >= 4 is 11.8 Å². The maximum absolute atomic E-state index is 14.7. The zero-order valence-corrected chi connectivity index (χ0v) is 20.0. The molecule has 4 rings (SSSR count). The summed E-state index contributed by atoms with van der Waals surface area (Å²) in [6.45, 7) is 5.32. The van der Waals surface area contributed by atoms with Crippen molar-refractivity contribution in [3.8, 4) is 0 Å². The lowest BCUT2D eigenvalue weighted by Crippen LogP contribution is -2.48. The molecule has 0 radical (unpaired) electrons. The maximum atomic E-state index is 14.7. The molecule has 1 N–H and O–H groups in total. The van der Waals surface area contributed by atoms with Crippen molar-refractivity contribution in [2.24, 2.45) is 0 Å². The molecule has 7 nitrogen and oxygen atoms in total. The highest BCUT2D eigenvalue weighted by atomic mass is 19.1. The Kier molecular flexibility index (Phi) is 7.23. The maximum Gasteiger partial charge on any atom is 0.245 e. The molecule has 3 aromatic rings. The van der Waals surface area contributed by atoms with E-state index in [9.17, 15) is 18.4 Å². The van der Waals surface area contributed by atoms with Crippen molar-refractivity contribution < 1.29 is 18.4 Å². The van der Waals surface area contributed by atoms with Crippen molar-refractivity contribution in [3.05, 3.63) is 83.2 Å². The molecule has 2 amide bonds. The number of carbonyl (C=O) groups is 2. The Labute approximate surface area is 203 Å². The molecule has 0 unspecified atom stereocenters. The molecule has 1 fully saturated rings. The highest BCUT2D eigenvalue weighted by Crippen LogP contribution is 2.27. The molecule has 2 aromatic heterocycles. The van der Waals surface area contributed by atoms with Gasteiger partial charge in [0.15, 0.2) is 0 Å². The summed E-state index contributed by atoms with van der Waals surface area (Å²) >= 11 is 0.